The summed E-state index contributed by atoms with van der Waals surface area (Å²) in [6.45, 7) is 0.0994. The van der Waals surface area contributed by atoms with E-state index in [0.29, 0.717) is 0 Å². The smallest absolute Gasteiger partial charge is 0.252 e. The molecule has 0 aromatic rings. The lowest BCUT2D eigenvalue weighted by Crippen LogP contribution is -2.41. The van der Waals surface area contributed by atoms with E-state index in [1.807, 2.05) is 0 Å². The average molecular weight is 313 g/mol. The third kappa shape index (κ3) is 2.40. The number of halogens is 1. The monoisotopic (exact) mass is 313 g/mol. The molecule has 0 aromatic heterocycles. The summed E-state index contributed by atoms with van der Waals surface area (Å²) in [4.78, 5) is 24.0. The second kappa shape index (κ2) is 4.68. The van der Waals surface area contributed by atoms with Crippen molar-refractivity contribution in [3.05, 3.63) is 0 Å². The van der Waals surface area contributed by atoms with E-state index in [1.165, 1.54) is 0 Å². The Kier molecular flexibility index (Phi) is 4.09. The molecule has 0 saturated carbocycles. The standard InChI is InChI=1S/C5H10BIN3O2P/c7-6(13)3-1-4(11)10(2-9-8)5(3)12/h3,9H,1-2,8,13H2. The van der Waals surface area contributed by atoms with Crippen LogP contribution < -0.4 is 11.3 Å². The Morgan fingerprint density at radius 2 is 2.38 bits per heavy atom. The highest BCUT2D eigenvalue weighted by atomic mass is 127. The topological polar surface area (TPSA) is 75.4 Å². The Hall–Kier alpha value is 0.285. The highest BCUT2D eigenvalue weighted by Crippen LogP contribution is 2.32. The zero-order valence-electron chi connectivity index (χ0n) is 6.87. The fourth-order valence-electron chi connectivity index (χ4n) is 1.21. The van der Waals surface area contributed by atoms with Gasteiger partial charge in [-0.3, -0.25) is 20.3 Å². The van der Waals surface area contributed by atoms with Crippen LogP contribution in [-0.2, 0) is 9.59 Å². The number of carbonyl (C=O) groups is 2. The Morgan fingerprint density at radius 3 is 2.77 bits per heavy atom. The van der Waals surface area contributed by atoms with Gasteiger partial charge in [-0.1, -0.05) is 0 Å². The number of carbonyl (C=O) groups excluding carboxylic acids is 2. The van der Waals surface area contributed by atoms with E-state index in [0.717, 1.165) is 4.90 Å². The molecule has 3 N–H and O–H groups in total. The number of hydrogen-bond donors (Lipinski definition) is 2. The maximum absolute atomic E-state index is 11.5. The van der Waals surface area contributed by atoms with Crippen molar-refractivity contribution in [3.8, 4) is 0 Å². The number of hydrazine groups is 1. The Morgan fingerprint density at radius 1 is 1.77 bits per heavy atom. The maximum atomic E-state index is 11.5. The van der Waals surface area contributed by atoms with E-state index in [-0.39, 0.29) is 35.0 Å². The van der Waals surface area contributed by atoms with Gasteiger partial charge in [-0.2, -0.15) is 9.12 Å². The molecule has 13 heavy (non-hydrogen) atoms. The highest BCUT2D eigenvalue weighted by Gasteiger charge is 2.41. The van der Waals surface area contributed by atoms with Crippen molar-refractivity contribution in [2.75, 3.05) is 6.67 Å². The van der Waals surface area contributed by atoms with Crippen LogP contribution in [0.4, 0.5) is 0 Å². The van der Waals surface area contributed by atoms with Crippen molar-refractivity contribution < 1.29 is 9.59 Å². The fraction of sp³-hybridized carbons (Fsp3) is 0.600. The molecule has 1 aliphatic rings. The van der Waals surface area contributed by atoms with Crippen LogP contribution in [0.15, 0.2) is 0 Å². The summed E-state index contributed by atoms with van der Waals surface area (Å²) < 4.78 is 0.0943. The zero-order valence-corrected chi connectivity index (χ0v) is 10.2. The molecule has 1 saturated heterocycles. The summed E-state index contributed by atoms with van der Waals surface area (Å²) in [6.07, 6.45) is 0.289. The summed E-state index contributed by atoms with van der Waals surface area (Å²) in [5.74, 6) is 4.54. The van der Waals surface area contributed by atoms with Crippen LogP contribution in [0, 0.1) is 0 Å². The van der Waals surface area contributed by atoms with Gasteiger partial charge >= 0.3 is 0 Å². The first-order valence-electron chi connectivity index (χ1n) is 3.75. The molecule has 0 aliphatic carbocycles. The van der Waals surface area contributed by atoms with Gasteiger partial charge in [0.25, 0.3) is 4.29 Å². The zero-order chi connectivity index (χ0) is 10.0. The Labute approximate surface area is 92.2 Å². The lowest BCUT2D eigenvalue weighted by Gasteiger charge is -2.13. The third-order valence-electron chi connectivity index (χ3n) is 1.91. The lowest BCUT2D eigenvalue weighted by atomic mass is 9.84. The van der Waals surface area contributed by atoms with Crippen molar-refractivity contribution in [1.29, 1.82) is 0 Å². The van der Waals surface area contributed by atoms with Crippen LogP contribution in [0.1, 0.15) is 6.42 Å². The molecule has 1 fully saturated rings. The fourth-order valence-corrected chi connectivity index (χ4v) is 2.08. The summed E-state index contributed by atoms with van der Waals surface area (Å²) in [5.41, 5.74) is 2.30. The van der Waals surface area contributed by atoms with Crippen LogP contribution in [0.5, 0.6) is 0 Å². The van der Waals surface area contributed by atoms with Crippen LogP contribution in [0.25, 0.3) is 0 Å². The average Bonchev–Trinajstić information content (AvgIpc) is 2.32. The van der Waals surface area contributed by atoms with Gasteiger partial charge in [-0.05, 0) is 0 Å². The van der Waals surface area contributed by atoms with Crippen molar-refractivity contribution in [1.82, 2.24) is 10.3 Å². The molecular weight excluding hydrogens is 303 g/mol. The molecule has 8 heteroatoms. The van der Waals surface area contributed by atoms with E-state index >= 15 is 0 Å². The van der Waals surface area contributed by atoms with E-state index < -0.39 is 0 Å². The molecule has 72 valence electrons. The quantitative estimate of drug-likeness (QED) is 0.181. The minimum Gasteiger partial charge on any atom is -0.275 e. The normalized spacial score (nSPS) is 22.7. The first-order chi connectivity index (χ1) is 6.07. The van der Waals surface area contributed by atoms with Crippen molar-refractivity contribution >= 4 is 47.6 Å². The Balaban J connectivity index is 2.69. The van der Waals surface area contributed by atoms with Crippen molar-refractivity contribution in [2.45, 2.75) is 12.2 Å². The molecule has 0 bridgehead atoms. The molecule has 0 radical (unpaired) electrons. The van der Waals surface area contributed by atoms with Gasteiger partial charge in [0.15, 0.2) is 0 Å². The summed E-state index contributed by atoms with van der Waals surface area (Å²) in [7, 11) is 2.53. The number of nitrogens with two attached hydrogens (primary N) is 1. The van der Waals surface area contributed by atoms with E-state index in [4.69, 9.17) is 5.84 Å². The minimum atomic E-state index is -0.216. The van der Waals surface area contributed by atoms with Gasteiger partial charge in [-0.15, -0.1) is 22.4 Å². The largest absolute Gasteiger partial charge is 0.275 e. The van der Waals surface area contributed by atoms with Gasteiger partial charge in [0.1, 0.15) is 0 Å². The lowest BCUT2D eigenvalue weighted by molar-refractivity contribution is -0.138. The summed E-state index contributed by atoms with van der Waals surface area (Å²) in [5, 5.41) is 0. The molecule has 1 rings (SSSR count). The molecule has 2 amide bonds. The summed E-state index contributed by atoms with van der Waals surface area (Å²) in [6, 6.07) is 0. The molecule has 2 unspecified atom stereocenters. The molecule has 0 aromatic carbocycles. The van der Waals surface area contributed by atoms with E-state index in [9.17, 15) is 9.59 Å². The predicted molar refractivity (Wildman–Crippen MR) is 61.9 cm³/mol. The highest BCUT2D eigenvalue weighted by molar-refractivity contribution is 14.1. The van der Waals surface area contributed by atoms with Crippen LogP contribution >= 0.6 is 31.5 Å². The van der Waals surface area contributed by atoms with Gasteiger partial charge in [-0.25, -0.2) is 5.43 Å². The number of imide groups is 1. The van der Waals surface area contributed by atoms with Crippen LogP contribution in [-0.4, -0.2) is 27.7 Å². The van der Waals surface area contributed by atoms with Gasteiger partial charge in [0, 0.05) is 12.2 Å². The number of nitrogens with zero attached hydrogens (tertiary/aromatic N) is 1. The van der Waals surface area contributed by atoms with Crippen LogP contribution in [0.3, 0.4) is 0 Å². The summed E-state index contributed by atoms with van der Waals surface area (Å²) >= 11 is 2.12. The molecule has 1 heterocycles. The van der Waals surface area contributed by atoms with E-state index in [1.54, 1.807) is 0 Å². The van der Waals surface area contributed by atoms with Crippen molar-refractivity contribution in [2.24, 2.45) is 5.84 Å². The second-order valence-corrected chi connectivity index (χ2v) is 6.29. The molecule has 0 spiro atoms. The predicted octanol–water partition coefficient (Wildman–Crippen LogP) is -0.665. The first kappa shape index (κ1) is 11.4. The SMILES string of the molecule is NNCN1C(=O)CC(B(P)I)C1=O. The number of hydrogen-bond acceptors (Lipinski definition) is 4. The number of rotatable bonds is 3. The second-order valence-electron chi connectivity index (χ2n) is 2.78. The molecule has 5 nitrogen and oxygen atoms in total. The number of amides is 2. The number of nitrogens with one attached hydrogen (secondary N) is 1. The number of likely N-dealkylation sites (tertiary alicyclic amines) is 1. The first-order valence-corrected chi connectivity index (χ1v) is 5.66. The van der Waals surface area contributed by atoms with Gasteiger partial charge in [0.2, 0.25) is 11.8 Å². The van der Waals surface area contributed by atoms with Crippen molar-refractivity contribution in [3.63, 3.8) is 0 Å². The van der Waals surface area contributed by atoms with Gasteiger partial charge < -0.3 is 0 Å². The van der Waals surface area contributed by atoms with Crippen LogP contribution in [0.2, 0.25) is 5.82 Å². The Bertz CT molecular complexity index is 240. The molecule has 2 atom stereocenters. The molecular formula is C5H10BIN3O2P. The molecule has 1 aliphatic heterocycles. The van der Waals surface area contributed by atoms with E-state index in [2.05, 4.69) is 36.9 Å². The third-order valence-corrected chi connectivity index (χ3v) is 3.25. The van der Waals surface area contributed by atoms with Gasteiger partial charge in [0.05, 0.1) is 6.67 Å². The minimum absolute atomic E-state index is 0.0943. The maximum Gasteiger partial charge on any atom is 0.252 e.